The highest BCUT2D eigenvalue weighted by atomic mass is 19.4. The number of hydrogen-bond acceptors (Lipinski definition) is 4. The largest absolute Gasteiger partial charge is 0.417 e. The van der Waals surface area contributed by atoms with Gasteiger partial charge in [-0.2, -0.15) is 26.3 Å². The lowest BCUT2D eigenvalue weighted by Crippen LogP contribution is -2.41. The maximum Gasteiger partial charge on any atom is 0.417 e. The molecular weight excluding hydrogens is 626 g/mol. The van der Waals surface area contributed by atoms with Crippen molar-refractivity contribution in [3.8, 4) is 11.1 Å². The molecule has 6 rings (SSSR count). The Morgan fingerprint density at radius 2 is 1.04 bits per heavy atom. The lowest BCUT2D eigenvalue weighted by atomic mass is 9.74. The van der Waals surface area contributed by atoms with Gasteiger partial charge >= 0.3 is 12.4 Å². The van der Waals surface area contributed by atoms with Crippen LogP contribution in [0.5, 0.6) is 0 Å². The first kappa shape index (κ1) is 31.7. The third kappa shape index (κ3) is 4.73. The maximum absolute atomic E-state index is 14.9. The predicted molar refractivity (Wildman–Crippen MR) is 159 cm³/mol. The number of alkyl halides is 6. The highest BCUT2D eigenvalue weighted by molar-refractivity contribution is 6.34. The van der Waals surface area contributed by atoms with Gasteiger partial charge in [0.15, 0.2) is 0 Å². The summed E-state index contributed by atoms with van der Waals surface area (Å²) in [5, 5.41) is 0. The molecule has 47 heavy (non-hydrogen) atoms. The molecule has 1 atom stereocenters. The van der Waals surface area contributed by atoms with E-state index in [1.807, 2.05) is 0 Å². The monoisotopic (exact) mass is 650 g/mol. The number of fused-ring (bicyclic) bond motifs is 2. The Morgan fingerprint density at radius 1 is 0.553 bits per heavy atom. The number of nitrogens with zero attached hydrogens (tertiary/aromatic N) is 2. The van der Waals surface area contributed by atoms with Gasteiger partial charge in [0.1, 0.15) is 5.41 Å². The standard InChI is InChI=1S/C35H24F6N2O4/c1-17-5-9-23(28(13-17)34(36,37)38)22-12-8-21(14-18(22)2)43-31(46)25-11-7-20(16-27(25)32(43)47)33(3,35(39,40)41)19-6-10-24-26(15-19)30(45)42(4)29(24)44/h5-16H,1-4H3. The number of carbonyl (C=O) groups is 4. The molecule has 1 unspecified atom stereocenters. The van der Waals surface area contributed by atoms with Gasteiger partial charge in [-0.3, -0.25) is 24.1 Å². The molecule has 2 heterocycles. The molecular formula is C35H24F6N2O4. The molecule has 4 amide bonds. The number of aryl methyl sites for hydroxylation is 2. The minimum absolute atomic E-state index is 0.0316. The topological polar surface area (TPSA) is 74.8 Å². The van der Waals surface area contributed by atoms with Gasteiger partial charge in [-0.05, 0) is 91.1 Å². The second-order valence-corrected chi connectivity index (χ2v) is 11.8. The van der Waals surface area contributed by atoms with Gasteiger partial charge < -0.3 is 0 Å². The molecule has 12 heteroatoms. The molecule has 2 aliphatic heterocycles. The lowest BCUT2D eigenvalue weighted by molar-refractivity contribution is -0.173. The molecule has 4 aromatic rings. The number of rotatable bonds is 4. The zero-order chi connectivity index (χ0) is 34.4. The Bertz CT molecular complexity index is 2070. The smallest absolute Gasteiger partial charge is 0.277 e. The van der Waals surface area contributed by atoms with Gasteiger partial charge in [0.05, 0.1) is 33.5 Å². The summed E-state index contributed by atoms with van der Waals surface area (Å²) in [6, 6.07) is 14.4. The highest BCUT2D eigenvalue weighted by Crippen LogP contribution is 2.48. The number of halogens is 6. The highest BCUT2D eigenvalue weighted by Gasteiger charge is 2.55. The van der Waals surface area contributed by atoms with Crippen molar-refractivity contribution in [2.75, 3.05) is 11.9 Å². The summed E-state index contributed by atoms with van der Waals surface area (Å²) in [4.78, 5) is 53.5. The van der Waals surface area contributed by atoms with Crippen molar-refractivity contribution in [2.45, 2.75) is 38.5 Å². The van der Waals surface area contributed by atoms with Crippen LogP contribution >= 0.6 is 0 Å². The first-order valence-corrected chi connectivity index (χ1v) is 14.2. The maximum atomic E-state index is 14.9. The Balaban J connectivity index is 1.40. The van der Waals surface area contributed by atoms with E-state index in [9.17, 15) is 45.5 Å². The van der Waals surface area contributed by atoms with Crippen LogP contribution in [0.2, 0.25) is 0 Å². The van der Waals surface area contributed by atoms with Crippen molar-refractivity contribution >= 4 is 29.3 Å². The van der Waals surface area contributed by atoms with Crippen molar-refractivity contribution in [3.05, 3.63) is 123 Å². The number of anilines is 1. The van der Waals surface area contributed by atoms with Crippen LogP contribution in [0.4, 0.5) is 32.0 Å². The van der Waals surface area contributed by atoms with Crippen LogP contribution in [0.25, 0.3) is 11.1 Å². The molecule has 6 nitrogen and oxygen atoms in total. The first-order valence-electron chi connectivity index (χ1n) is 14.2. The van der Waals surface area contributed by atoms with E-state index in [1.165, 1.54) is 51.2 Å². The van der Waals surface area contributed by atoms with Gasteiger partial charge in [0, 0.05) is 7.05 Å². The SMILES string of the molecule is Cc1ccc(-c2ccc(N3C(=O)c4ccc(C(C)(c5ccc6c(c5)C(=O)N(C)C6=O)C(F)(F)F)cc4C3=O)cc2C)c(C(F)(F)F)c1. The third-order valence-corrected chi connectivity index (χ3v) is 8.94. The molecule has 0 fully saturated rings. The third-order valence-electron chi connectivity index (χ3n) is 8.94. The summed E-state index contributed by atoms with van der Waals surface area (Å²) in [6.07, 6.45) is -9.59. The average molecular weight is 651 g/mol. The zero-order valence-corrected chi connectivity index (χ0v) is 25.2. The predicted octanol–water partition coefficient (Wildman–Crippen LogP) is 7.88. The summed E-state index contributed by atoms with van der Waals surface area (Å²) >= 11 is 0. The zero-order valence-electron chi connectivity index (χ0n) is 25.2. The minimum Gasteiger partial charge on any atom is -0.277 e. The molecule has 0 aliphatic carbocycles. The number of benzene rings is 4. The second kappa shape index (κ2) is 10.4. The molecule has 0 bridgehead atoms. The fraction of sp³-hybridized carbons (Fsp3) is 0.200. The summed E-state index contributed by atoms with van der Waals surface area (Å²) in [6.45, 7) is 3.94. The fourth-order valence-electron chi connectivity index (χ4n) is 6.17. The van der Waals surface area contributed by atoms with E-state index >= 15 is 0 Å². The molecule has 240 valence electrons. The summed E-state index contributed by atoms with van der Waals surface area (Å²) in [7, 11) is 1.22. The van der Waals surface area contributed by atoms with Crippen LogP contribution in [0.3, 0.4) is 0 Å². The van der Waals surface area contributed by atoms with Crippen LogP contribution in [0.1, 0.15) is 76.2 Å². The Hall–Kier alpha value is -5.26. The van der Waals surface area contributed by atoms with Crippen molar-refractivity contribution in [1.29, 1.82) is 0 Å². The molecule has 0 saturated carbocycles. The number of hydrogen-bond donors (Lipinski definition) is 0. The van der Waals surface area contributed by atoms with Gasteiger partial charge in [-0.1, -0.05) is 35.9 Å². The Kier molecular flexibility index (Phi) is 7.00. The van der Waals surface area contributed by atoms with Gasteiger partial charge in [0.25, 0.3) is 23.6 Å². The second-order valence-electron chi connectivity index (χ2n) is 11.8. The van der Waals surface area contributed by atoms with Crippen LogP contribution in [0.15, 0.2) is 72.8 Å². The van der Waals surface area contributed by atoms with E-state index in [2.05, 4.69) is 0 Å². The Morgan fingerprint density at radius 3 is 1.60 bits per heavy atom. The van der Waals surface area contributed by atoms with E-state index in [4.69, 9.17) is 0 Å². The van der Waals surface area contributed by atoms with E-state index in [1.54, 1.807) is 0 Å². The minimum atomic E-state index is -4.95. The lowest BCUT2D eigenvalue weighted by Gasteiger charge is -2.33. The first-order chi connectivity index (χ1) is 21.9. The quantitative estimate of drug-likeness (QED) is 0.166. The normalized spacial score (nSPS) is 16.1. The van der Waals surface area contributed by atoms with Crippen molar-refractivity contribution < 1.29 is 45.5 Å². The fourth-order valence-corrected chi connectivity index (χ4v) is 6.17. The van der Waals surface area contributed by atoms with Crippen molar-refractivity contribution in [3.63, 3.8) is 0 Å². The van der Waals surface area contributed by atoms with Crippen molar-refractivity contribution in [1.82, 2.24) is 4.90 Å². The van der Waals surface area contributed by atoms with Gasteiger partial charge in [-0.25, -0.2) is 4.90 Å². The molecule has 2 aliphatic rings. The molecule has 0 spiro atoms. The van der Waals surface area contributed by atoms with Gasteiger partial charge in [0.2, 0.25) is 0 Å². The molecule has 4 aromatic carbocycles. The van der Waals surface area contributed by atoms with E-state index in [0.717, 1.165) is 59.2 Å². The molecule has 0 saturated heterocycles. The summed E-state index contributed by atoms with van der Waals surface area (Å²) in [5.74, 6) is -3.12. The Labute approximate surface area is 264 Å². The number of amides is 4. The van der Waals surface area contributed by atoms with E-state index in [0.29, 0.717) is 11.1 Å². The number of imide groups is 2. The van der Waals surface area contributed by atoms with Crippen LogP contribution < -0.4 is 4.90 Å². The number of carbonyl (C=O) groups excluding carboxylic acids is 4. The van der Waals surface area contributed by atoms with Crippen LogP contribution in [-0.4, -0.2) is 41.8 Å². The summed E-state index contributed by atoms with van der Waals surface area (Å²) < 4.78 is 86.2. The van der Waals surface area contributed by atoms with E-state index < -0.39 is 47.0 Å². The average Bonchev–Trinajstić information content (AvgIpc) is 3.38. The molecule has 0 aromatic heterocycles. The molecule has 0 N–H and O–H groups in total. The van der Waals surface area contributed by atoms with Gasteiger partial charge in [-0.15, -0.1) is 0 Å². The molecule has 0 radical (unpaired) electrons. The van der Waals surface area contributed by atoms with Crippen molar-refractivity contribution in [2.24, 2.45) is 0 Å². The van der Waals surface area contributed by atoms with E-state index in [-0.39, 0.29) is 50.2 Å². The summed E-state index contributed by atoms with van der Waals surface area (Å²) in [5.41, 5.74) is -4.11. The van der Waals surface area contributed by atoms with Crippen LogP contribution in [-0.2, 0) is 11.6 Å². The van der Waals surface area contributed by atoms with Crippen LogP contribution in [0, 0.1) is 13.8 Å².